The van der Waals surface area contributed by atoms with Crippen molar-refractivity contribution >= 4 is 17.7 Å². The third kappa shape index (κ3) is 3.65. The van der Waals surface area contributed by atoms with Gasteiger partial charge >= 0.3 is 6.03 Å². The predicted molar refractivity (Wildman–Crippen MR) is 89.5 cm³/mol. The predicted octanol–water partition coefficient (Wildman–Crippen LogP) is 1.90. The van der Waals surface area contributed by atoms with E-state index in [4.69, 9.17) is 9.47 Å². The SMILES string of the molecule is Cc1cc(CNC(=O)Nc2ccc3c(c2)OCO3)nc(N(C)C)n1. The van der Waals surface area contributed by atoms with Crippen LogP contribution in [0.3, 0.4) is 0 Å². The summed E-state index contributed by atoms with van der Waals surface area (Å²) in [6.07, 6.45) is 0. The Bertz CT molecular complexity index is 763. The van der Waals surface area contributed by atoms with Gasteiger partial charge in [0.05, 0.1) is 12.2 Å². The molecular formula is C16H19N5O3. The number of hydrogen-bond donors (Lipinski definition) is 2. The van der Waals surface area contributed by atoms with Crippen LogP contribution in [-0.4, -0.2) is 36.9 Å². The van der Waals surface area contributed by atoms with Gasteiger partial charge in [-0.05, 0) is 25.1 Å². The molecule has 0 fully saturated rings. The van der Waals surface area contributed by atoms with E-state index in [0.29, 0.717) is 29.7 Å². The Balaban J connectivity index is 1.60. The Morgan fingerprint density at radius 3 is 2.79 bits per heavy atom. The summed E-state index contributed by atoms with van der Waals surface area (Å²) < 4.78 is 10.5. The molecule has 0 saturated heterocycles. The normalized spacial score (nSPS) is 12.0. The minimum absolute atomic E-state index is 0.201. The molecule has 8 nitrogen and oxygen atoms in total. The molecule has 8 heteroatoms. The number of nitrogens with zero attached hydrogens (tertiary/aromatic N) is 3. The number of nitrogens with one attached hydrogen (secondary N) is 2. The summed E-state index contributed by atoms with van der Waals surface area (Å²) in [7, 11) is 3.75. The number of amides is 2. The molecule has 2 amide bonds. The van der Waals surface area contributed by atoms with E-state index >= 15 is 0 Å². The van der Waals surface area contributed by atoms with E-state index in [9.17, 15) is 4.79 Å². The summed E-state index contributed by atoms with van der Waals surface area (Å²) in [6, 6.07) is 6.76. The molecule has 0 spiro atoms. The Hall–Kier alpha value is -3.03. The van der Waals surface area contributed by atoms with Gasteiger partial charge in [-0.15, -0.1) is 0 Å². The van der Waals surface area contributed by atoms with Gasteiger partial charge in [-0.25, -0.2) is 14.8 Å². The number of fused-ring (bicyclic) bond motifs is 1. The average Bonchev–Trinajstić information content (AvgIpc) is 3.00. The van der Waals surface area contributed by atoms with Crippen LogP contribution in [0.2, 0.25) is 0 Å². The van der Waals surface area contributed by atoms with Crippen molar-refractivity contribution in [3.63, 3.8) is 0 Å². The molecule has 2 aromatic rings. The molecule has 126 valence electrons. The zero-order chi connectivity index (χ0) is 17.1. The lowest BCUT2D eigenvalue weighted by atomic mass is 10.3. The number of benzene rings is 1. The van der Waals surface area contributed by atoms with Crippen molar-refractivity contribution in [3.8, 4) is 11.5 Å². The van der Waals surface area contributed by atoms with E-state index in [1.54, 1.807) is 18.2 Å². The first-order valence-electron chi connectivity index (χ1n) is 7.47. The van der Waals surface area contributed by atoms with Gasteiger partial charge in [0.1, 0.15) is 0 Å². The van der Waals surface area contributed by atoms with E-state index in [0.717, 1.165) is 11.4 Å². The molecular weight excluding hydrogens is 310 g/mol. The van der Waals surface area contributed by atoms with E-state index in [1.807, 2.05) is 32.0 Å². The largest absolute Gasteiger partial charge is 0.454 e. The molecule has 1 aromatic heterocycles. The fourth-order valence-electron chi connectivity index (χ4n) is 2.23. The molecule has 0 saturated carbocycles. The monoisotopic (exact) mass is 329 g/mol. The van der Waals surface area contributed by atoms with Crippen molar-refractivity contribution in [3.05, 3.63) is 35.7 Å². The van der Waals surface area contributed by atoms with Crippen LogP contribution in [0.25, 0.3) is 0 Å². The van der Waals surface area contributed by atoms with Crippen LogP contribution in [0.4, 0.5) is 16.4 Å². The second-order valence-corrected chi connectivity index (χ2v) is 5.57. The Kier molecular flexibility index (Phi) is 4.37. The van der Waals surface area contributed by atoms with Crippen LogP contribution >= 0.6 is 0 Å². The molecule has 0 unspecified atom stereocenters. The van der Waals surface area contributed by atoms with Crippen LogP contribution in [-0.2, 0) is 6.54 Å². The van der Waals surface area contributed by atoms with E-state index < -0.39 is 0 Å². The van der Waals surface area contributed by atoms with Gasteiger partial charge in [0.15, 0.2) is 11.5 Å². The first-order chi connectivity index (χ1) is 11.5. The van der Waals surface area contributed by atoms with Crippen molar-refractivity contribution in [2.24, 2.45) is 0 Å². The van der Waals surface area contributed by atoms with Crippen molar-refractivity contribution in [2.75, 3.05) is 31.1 Å². The van der Waals surface area contributed by atoms with Gasteiger partial charge in [0.2, 0.25) is 12.7 Å². The van der Waals surface area contributed by atoms with Gasteiger partial charge in [0, 0.05) is 31.5 Å². The van der Waals surface area contributed by atoms with Crippen molar-refractivity contribution in [2.45, 2.75) is 13.5 Å². The molecule has 3 rings (SSSR count). The molecule has 0 aliphatic carbocycles. The maximum absolute atomic E-state index is 12.0. The number of carbonyl (C=O) groups is 1. The third-order valence-corrected chi connectivity index (χ3v) is 3.36. The number of urea groups is 1. The highest BCUT2D eigenvalue weighted by Gasteiger charge is 2.14. The summed E-state index contributed by atoms with van der Waals surface area (Å²) in [4.78, 5) is 22.6. The Labute approximate surface area is 139 Å². The summed E-state index contributed by atoms with van der Waals surface area (Å²) in [5.74, 6) is 1.91. The van der Waals surface area contributed by atoms with Crippen LogP contribution in [0.5, 0.6) is 11.5 Å². The Morgan fingerprint density at radius 1 is 1.21 bits per heavy atom. The molecule has 0 atom stereocenters. The highest BCUT2D eigenvalue weighted by Crippen LogP contribution is 2.34. The summed E-state index contributed by atoms with van der Waals surface area (Å²) in [5.41, 5.74) is 2.22. The summed E-state index contributed by atoms with van der Waals surface area (Å²) in [6.45, 7) is 2.40. The standard InChI is InChI=1S/C16H19N5O3/c1-10-6-12(19-15(18-10)21(2)3)8-17-16(22)20-11-4-5-13-14(7-11)24-9-23-13/h4-7H,8-9H2,1-3H3,(H2,17,20,22). The number of aromatic nitrogens is 2. The number of hydrogen-bond acceptors (Lipinski definition) is 6. The fourth-order valence-corrected chi connectivity index (χ4v) is 2.23. The lowest BCUT2D eigenvalue weighted by Crippen LogP contribution is -2.29. The molecule has 0 radical (unpaired) electrons. The maximum atomic E-state index is 12.0. The van der Waals surface area contributed by atoms with Gasteiger partial charge in [-0.2, -0.15) is 0 Å². The first-order valence-corrected chi connectivity index (χ1v) is 7.47. The van der Waals surface area contributed by atoms with Crippen LogP contribution < -0.4 is 25.0 Å². The molecule has 24 heavy (non-hydrogen) atoms. The van der Waals surface area contributed by atoms with Gasteiger partial charge in [-0.3, -0.25) is 0 Å². The van der Waals surface area contributed by atoms with Crippen LogP contribution in [0, 0.1) is 6.92 Å². The van der Waals surface area contributed by atoms with Crippen LogP contribution in [0.1, 0.15) is 11.4 Å². The summed E-state index contributed by atoms with van der Waals surface area (Å²) in [5, 5.41) is 5.53. The number of rotatable bonds is 4. The van der Waals surface area contributed by atoms with E-state index in [-0.39, 0.29) is 12.8 Å². The van der Waals surface area contributed by atoms with E-state index in [2.05, 4.69) is 20.6 Å². The Morgan fingerprint density at radius 2 is 2.00 bits per heavy atom. The highest BCUT2D eigenvalue weighted by atomic mass is 16.7. The molecule has 2 heterocycles. The highest BCUT2D eigenvalue weighted by molar-refractivity contribution is 5.89. The topological polar surface area (TPSA) is 88.6 Å². The van der Waals surface area contributed by atoms with Crippen molar-refractivity contribution < 1.29 is 14.3 Å². The number of aryl methyl sites for hydroxylation is 1. The molecule has 1 aromatic carbocycles. The zero-order valence-electron chi connectivity index (χ0n) is 13.8. The van der Waals surface area contributed by atoms with Crippen molar-refractivity contribution in [1.29, 1.82) is 0 Å². The van der Waals surface area contributed by atoms with Gasteiger partial charge < -0.3 is 25.0 Å². The average molecular weight is 329 g/mol. The quantitative estimate of drug-likeness (QED) is 0.891. The van der Waals surface area contributed by atoms with Crippen molar-refractivity contribution in [1.82, 2.24) is 15.3 Å². The molecule has 1 aliphatic rings. The second-order valence-electron chi connectivity index (χ2n) is 5.57. The molecule has 2 N–H and O–H groups in total. The number of anilines is 2. The molecule has 0 bridgehead atoms. The third-order valence-electron chi connectivity index (χ3n) is 3.36. The van der Waals surface area contributed by atoms with Gasteiger partial charge in [0.25, 0.3) is 0 Å². The lowest BCUT2D eigenvalue weighted by Gasteiger charge is -2.13. The maximum Gasteiger partial charge on any atom is 0.319 e. The minimum Gasteiger partial charge on any atom is -0.454 e. The smallest absolute Gasteiger partial charge is 0.319 e. The minimum atomic E-state index is -0.323. The number of ether oxygens (including phenoxy) is 2. The number of carbonyl (C=O) groups excluding carboxylic acids is 1. The first kappa shape index (κ1) is 15.9. The zero-order valence-corrected chi connectivity index (χ0v) is 13.8. The second kappa shape index (κ2) is 6.61. The summed E-state index contributed by atoms with van der Waals surface area (Å²) >= 11 is 0. The molecule has 1 aliphatic heterocycles. The lowest BCUT2D eigenvalue weighted by molar-refractivity contribution is 0.174. The van der Waals surface area contributed by atoms with Gasteiger partial charge in [-0.1, -0.05) is 0 Å². The fraction of sp³-hybridized carbons (Fsp3) is 0.312. The van der Waals surface area contributed by atoms with E-state index in [1.165, 1.54) is 0 Å². The van der Waals surface area contributed by atoms with Crippen LogP contribution in [0.15, 0.2) is 24.3 Å².